The summed E-state index contributed by atoms with van der Waals surface area (Å²) < 4.78 is 2.78. The molecule has 11 rings (SSSR count). The van der Waals surface area contributed by atoms with Crippen molar-refractivity contribution in [1.29, 1.82) is 0 Å². The van der Waals surface area contributed by atoms with Crippen molar-refractivity contribution >= 4 is 45.7 Å². The highest BCUT2D eigenvalue weighted by atomic mass is 15.2. The fraction of sp³-hybridized carbons (Fsp3) is 0.265. The summed E-state index contributed by atoms with van der Waals surface area (Å²) in [5, 5.41) is 1.32. The van der Waals surface area contributed by atoms with Crippen LogP contribution in [0.15, 0.2) is 164 Å². The lowest BCUT2D eigenvalue weighted by Crippen LogP contribution is -2.57. The van der Waals surface area contributed by atoms with Gasteiger partial charge >= 0.3 is 6.85 Å². The molecule has 354 valence electrons. The Bertz CT molecular complexity index is 3520. The first kappa shape index (κ1) is 46.5. The van der Waals surface area contributed by atoms with Crippen LogP contribution in [0.3, 0.4) is 0 Å². The Morgan fingerprint density at radius 3 is 1.42 bits per heavy atom. The van der Waals surface area contributed by atoms with Crippen molar-refractivity contribution in [3.05, 3.63) is 197 Å². The monoisotopic (exact) mass is 925 g/mol. The number of rotatable bonds is 5. The zero-order chi connectivity index (χ0) is 50.1. The van der Waals surface area contributed by atoms with Crippen LogP contribution >= 0.6 is 0 Å². The van der Waals surface area contributed by atoms with Gasteiger partial charge in [-0.25, -0.2) is 0 Å². The molecule has 0 atom stereocenters. The summed E-state index contributed by atoms with van der Waals surface area (Å²) in [6.45, 7) is 32.4. The Kier molecular flexibility index (Phi) is 10.7. The highest BCUT2D eigenvalue weighted by molar-refractivity contribution is 6.90. The third-order valence-corrected chi connectivity index (χ3v) is 15.7. The second-order valence-electron chi connectivity index (χ2n) is 24.8. The van der Waals surface area contributed by atoms with Crippen LogP contribution in [-0.2, 0) is 21.7 Å². The normalized spacial score (nSPS) is 13.4. The Morgan fingerprint density at radius 1 is 0.380 bits per heavy atom. The molecule has 0 amide bonds. The van der Waals surface area contributed by atoms with E-state index in [0.29, 0.717) is 0 Å². The summed E-state index contributed by atoms with van der Waals surface area (Å²) in [6.07, 6.45) is 0. The van der Waals surface area contributed by atoms with E-state index in [4.69, 9.17) is 0 Å². The van der Waals surface area contributed by atoms with Crippen LogP contribution in [0.2, 0.25) is 0 Å². The molecule has 0 radical (unpaired) electrons. The highest BCUT2D eigenvalue weighted by Gasteiger charge is 2.45. The number of benzene rings is 8. The topological polar surface area (TPSA) is 8.17 Å². The van der Waals surface area contributed by atoms with Crippen molar-refractivity contribution in [1.82, 2.24) is 4.48 Å². The molecule has 0 N–H and O–H groups in total. The largest absolute Gasteiger partial charge is 0.375 e. The van der Waals surface area contributed by atoms with Gasteiger partial charge in [-0.05, 0) is 155 Å². The second kappa shape index (κ2) is 16.4. The molecule has 2 aliphatic heterocycles. The van der Waals surface area contributed by atoms with Crippen molar-refractivity contribution < 1.29 is 0 Å². The van der Waals surface area contributed by atoms with Gasteiger partial charge in [0.05, 0.1) is 0 Å². The van der Waals surface area contributed by atoms with E-state index in [9.17, 15) is 0 Å². The fourth-order valence-corrected chi connectivity index (χ4v) is 11.6. The predicted octanol–water partition coefficient (Wildman–Crippen LogP) is 17.5. The van der Waals surface area contributed by atoms with Crippen molar-refractivity contribution in [2.75, 3.05) is 4.90 Å². The smallest absolute Gasteiger partial charge is 0.333 e. The molecular formula is C68H69BN2. The summed E-state index contributed by atoms with van der Waals surface area (Å²) in [7, 11) is 0. The number of fused-ring (bicyclic) bond motifs is 4. The summed E-state index contributed by atoms with van der Waals surface area (Å²) in [4.78, 5) is 2.59. The summed E-state index contributed by atoms with van der Waals surface area (Å²) in [5.41, 5.74) is 28.2. The second-order valence-corrected chi connectivity index (χ2v) is 24.8. The third-order valence-electron chi connectivity index (χ3n) is 15.7. The van der Waals surface area contributed by atoms with Crippen LogP contribution in [0.4, 0.5) is 17.1 Å². The average molecular weight is 925 g/mol. The Hall–Kier alpha value is -6.84. The lowest BCUT2D eigenvalue weighted by Gasteiger charge is -2.42. The summed E-state index contributed by atoms with van der Waals surface area (Å²) in [6, 6.07) is 63.4. The van der Waals surface area contributed by atoms with Crippen LogP contribution in [0.25, 0.3) is 66.7 Å². The SMILES string of the molecule is Cc1cccc(C)c1-c1c(-c2ccccc2)n2c3c(cc(C(C)(C)C)cc13)-c1cc(C(C)(C)C)cc3c1B2c1cc(-c2ccc(C(C)(C)C)cc2)ccc1N3c1ccc(-c2ccc(C(C)(C)C)cc2)cc1. The van der Waals surface area contributed by atoms with Gasteiger partial charge in [-0.2, -0.15) is 0 Å². The van der Waals surface area contributed by atoms with Crippen molar-refractivity contribution in [2.45, 2.75) is 119 Å². The van der Waals surface area contributed by atoms with Crippen molar-refractivity contribution in [2.24, 2.45) is 0 Å². The first-order chi connectivity index (χ1) is 33.6. The standard InChI is InChI=1S/C68H69BN2/c1-42-19-18-20-43(2)60(42)61-56-40-51(67(9,10)11)39-55-54-38-52(68(12,13)14)41-59-62(54)69(71(64(55)56)63(61)47-21-16-15-17-22-47)57-37-48(46-25-32-50(33-26-46)66(6,7)8)29-36-58(57)70(59)53-34-27-45(28-35-53)44-23-30-49(31-24-44)65(3,4)5/h15-41H,1-14H3. The van der Waals surface area contributed by atoms with E-state index in [0.717, 1.165) is 5.69 Å². The van der Waals surface area contributed by atoms with Gasteiger partial charge in [0.15, 0.2) is 0 Å². The highest BCUT2D eigenvalue weighted by Crippen LogP contribution is 2.52. The van der Waals surface area contributed by atoms with Crippen molar-refractivity contribution in [3.63, 3.8) is 0 Å². The number of hydrogen-bond donors (Lipinski definition) is 0. The zero-order valence-electron chi connectivity index (χ0n) is 44.6. The molecule has 9 aromatic rings. The molecule has 0 bridgehead atoms. The minimum atomic E-state index is -0.126. The zero-order valence-corrected chi connectivity index (χ0v) is 44.6. The molecule has 1 aromatic heterocycles. The lowest BCUT2D eigenvalue weighted by molar-refractivity contribution is 0.590. The number of nitrogens with zero attached hydrogens (tertiary/aromatic N) is 2. The lowest BCUT2D eigenvalue weighted by atomic mass is 9.44. The van der Waals surface area contributed by atoms with Crippen LogP contribution in [0.1, 0.15) is 116 Å². The number of anilines is 3. The van der Waals surface area contributed by atoms with Gasteiger partial charge in [-0.1, -0.05) is 210 Å². The summed E-state index contributed by atoms with van der Waals surface area (Å²) >= 11 is 0. The minimum absolute atomic E-state index is 0.0650. The Balaban J connectivity index is 1.26. The van der Waals surface area contributed by atoms with Gasteiger partial charge in [-0.15, -0.1) is 0 Å². The quantitative estimate of drug-likeness (QED) is 0.156. The Labute approximate surface area is 424 Å². The predicted molar refractivity (Wildman–Crippen MR) is 308 cm³/mol. The molecule has 0 unspecified atom stereocenters. The van der Waals surface area contributed by atoms with E-state index in [-0.39, 0.29) is 28.5 Å². The molecule has 71 heavy (non-hydrogen) atoms. The van der Waals surface area contributed by atoms with Crippen LogP contribution in [0, 0.1) is 13.8 Å². The number of aromatic nitrogens is 1. The summed E-state index contributed by atoms with van der Waals surface area (Å²) in [5.74, 6) is 0. The van der Waals surface area contributed by atoms with E-state index in [1.54, 1.807) is 0 Å². The molecule has 2 nitrogen and oxygen atoms in total. The van der Waals surface area contributed by atoms with E-state index in [2.05, 4.69) is 270 Å². The van der Waals surface area contributed by atoms with Gasteiger partial charge in [0, 0.05) is 44.8 Å². The van der Waals surface area contributed by atoms with E-state index in [1.807, 2.05) is 0 Å². The van der Waals surface area contributed by atoms with E-state index < -0.39 is 0 Å². The maximum absolute atomic E-state index is 2.78. The van der Waals surface area contributed by atoms with E-state index >= 15 is 0 Å². The Morgan fingerprint density at radius 2 is 0.873 bits per heavy atom. The van der Waals surface area contributed by atoms with Gasteiger partial charge in [0.2, 0.25) is 0 Å². The molecule has 0 saturated carbocycles. The maximum Gasteiger partial charge on any atom is 0.333 e. The van der Waals surface area contributed by atoms with Crippen LogP contribution < -0.4 is 15.8 Å². The molecule has 0 spiro atoms. The van der Waals surface area contributed by atoms with Gasteiger partial charge in [0.1, 0.15) is 0 Å². The third kappa shape index (κ3) is 7.79. The molecule has 3 heteroatoms. The average Bonchev–Trinajstić information content (AvgIpc) is 3.66. The number of hydrogen-bond acceptors (Lipinski definition) is 1. The molecule has 0 aliphatic carbocycles. The molecule has 3 heterocycles. The molecule has 0 fully saturated rings. The first-order valence-corrected chi connectivity index (χ1v) is 25.9. The van der Waals surface area contributed by atoms with Crippen molar-refractivity contribution in [3.8, 4) is 55.8 Å². The number of aryl methyl sites for hydroxylation is 2. The fourth-order valence-electron chi connectivity index (χ4n) is 11.6. The van der Waals surface area contributed by atoms with Crippen LogP contribution in [-0.4, -0.2) is 11.3 Å². The van der Waals surface area contributed by atoms with E-state index in [1.165, 1.54) is 122 Å². The first-order valence-electron chi connectivity index (χ1n) is 25.9. The molecular weight excluding hydrogens is 856 g/mol. The molecule has 0 saturated heterocycles. The van der Waals surface area contributed by atoms with Crippen LogP contribution in [0.5, 0.6) is 0 Å². The van der Waals surface area contributed by atoms with Gasteiger partial charge in [-0.3, -0.25) is 0 Å². The van der Waals surface area contributed by atoms with Gasteiger partial charge < -0.3 is 9.38 Å². The molecule has 2 aliphatic rings. The van der Waals surface area contributed by atoms with Gasteiger partial charge in [0.25, 0.3) is 0 Å². The molecule has 8 aromatic carbocycles. The minimum Gasteiger partial charge on any atom is -0.375 e. The maximum atomic E-state index is 2.78.